The predicted molar refractivity (Wildman–Crippen MR) is 120 cm³/mol. The molecule has 1 atom stereocenters. The van der Waals surface area contributed by atoms with Crippen LogP contribution in [0.5, 0.6) is 0 Å². The lowest BCUT2D eigenvalue weighted by atomic mass is 10.0. The molecule has 1 aliphatic rings. The van der Waals surface area contributed by atoms with Crippen LogP contribution in [0.15, 0.2) is 47.4 Å². The third-order valence-electron chi connectivity index (χ3n) is 5.28. The van der Waals surface area contributed by atoms with Gasteiger partial charge in [-0.15, -0.1) is 0 Å². The lowest BCUT2D eigenvalue weighted by molar-refractivity contribution is -0.123. The molecule has 0 aromatic heterocycles. The summed E-state index contributed by atoms with van der Waals surface area (Å²) in [6.45, 7) is 5.75. The number of hydrogen-bond acceptors (Lipinski definition) is 4. The molecule has 0 saturated heterocycles. The van der Waals surface area contributed by atoms with Crippen molar-refractivity contribution >= 4 is 39.1 Å². The molecule has 2 aromatic rings. The summed E-state index contributed by atoms with van der Waals surface area (Å²) >= 11 is 6.13. The van der Waals surface area contributed by atoms with E-state index in [0.29, 0.717) is 18.0 Å². The van der Waals surface area contributed by atoms with E-state index in [1.54, 1.807) is 49.1 Å². The molecule has 31 heavy (non-hydrogen) atoms. The molecule has 0 fully saturated rings. The maximum atomic E-state index is 13.0. The van der Waals surface area contributed by atoms with Gasteiger partial charge in [0.2, 0.25) is 21.8 Å². The zero-order valence-electron chi connectivity index (χ0n) is 17.7. The van der Waals surface area contributed by atoms with Crippen molar-refractivity contribution < 1.29 is 18.0 Å². The summed E-state index contributed by atoms with van der Waals surface area (Å²) in [4.78, 5) is 26.2. The standard InChI is InChI=1S/C22H26ClN3O4S/c1-14(2)21(22(28)24-13-17-6-4-5-7-19(17)23)25-31(29,30)18-8-9-20-16(12-18)10-11-26(20)15(3)27/h4-9,12,14,21,25H,10-11,13H2,1-3H3,(H,24,28). The molecule has 0 saturated carbocycles. The Hall–Kier alpha value is -2.42. The first-order valence-electron chi connectivity index (χ1n) is 10.0. The third kappa shape index (κ3) is 5.26. The maximum Gasteiger partial charge on any atom is 0.241 e. The summed E-state index contributed by atoms with van der Waals surface area (Å²) in [6, 6.07) is 10.9. The normalized spacial score (nSPS) is 14.4. The minimum absolute atomic E-state index is 0.0706. The lowest BCUT2D eigenvalue weighted by Gasteiger charge is -2.22. The van der Waals surface area contributed by atoms with Crippen LogP contribution in [0, 0.1) is 5.92 Å². The van der Waals surface area contributed by atoms with Crippen LogP contribution in [0.25, 0.3) is 0 Å². The summed E-state index contributed by atoms with van der Waals surface area (Å²) < 4.78 is 28.5. The van der Waals surface area contributed by atoms with Crippen LogP contribution in [-0.2, 0) is 32.6 Å². The van der Waals surface area contributed by atoms with E-state index in [0.717, 1.165) is 16.8 Å². The molecule has 1 unspecified atom stereocenters. The average Bonchev–Trinajstić information content (AvgIpc) is 3.14. The number of fused-ring (bicyclic) bond motifs is 1. The van der Waals surface area contributed by atoms with E-state index in [1.807, 2.05) is 6.07 Å². The van der Waals surface area contributed by atoms with Crippen LogP contribution in [0.1, 0.15) is 31.9 Å². The Balaban J connectivity index is 1.75. The van der Waals surface area contributed by atoms with Crippen LogP contribution in [0.2, 0.25) is 5.02 Å². The van der Waals surface area contributed by atoms with E-state index in [2.05, 4.69) is 10.0 Å². The first-order valence-corrected chi connectivity index (χ1v) is 11.9. The van der Waals surface area contributed by atoms with Crippen molar-refractivity contribution in [3.63, 3.8) is 0 Å². The van der Waals surface area contributed by atoms with Gasteiger partial charge in [-0.3, -0.25) is 9.59 Å². The highest BCUT2D eigenvalue weighted by atomic mass is 35.5. The van der Waals surface area contributed by atoms with Gasteiger partial charge in [-0.2, -0.15) is 4.72 Å². The smallest absolute Gasteiger partial charge is 0.241 e. The van der Waals surface area contributed by atoms with Gasteiger partial charge in [0.1, 0.15) is 6.04 Å². The van der Waals surface area contributed by atoms with Gasteiger partial charge in [-0.1, -0.05) is 43.6 Å². The molecule has 0 bridgehead atoms. The number of rotatable bonds is 7. The van der Waals surface area contributed by atoms with Gasteiger partial charge in [0.25, 0.3) is 0 Å². The van der Waals surface area contributed by atoms with Crippen molar-refractivity contribution in [2.75, 3.05) is 11.4 Å². The minimum atomic E-state index is -3.94. The molecule has 9 heteroatoms. The number of carbonyl (C=O) groups excluding carboxylic acids is 2. The van der Waals surface area contributed by atoms with E-state index >= 15 is 0 Å². The van der Waals surface area contributed by atoms with Gasteiger partial charge in [0.15, 0.2) is 0 Å². The molecule has 0 radical (unpaired) electrons. The summed E-state index contributed by atoms with van der Waals surface area (Å²) in [5.74, 6) is -0.784. The zero-order valence-corrected chi connectivity index (χ0v) is 19.3. The molecule has 1 aliphatic heterocycles. The number of carbonyl (C=O) groups is 2. The molecular weight excluding hydrogens is 438 g/mol. The second-order valence-electron chi connectivity index (χ2n) is 7.86. The molecular formula is C22H26ClN3O4S. The number of benzene rings is 2. The van der Waals surface area contributed by atoms with Crippen LogP contribution in [-0.4, -0.2) is 32.8 Å². The summed E-state index contributed by atoms with van der Waals surface area (Å²) in [6.07, 6.45) is 0.588. The van der Waals surface area contributed by atoms with Gasteiger partial charge in [0, 0.05) is 30.7 Å². The largest absolute Gasteiger partial charge is 0.351 e. The number of sulfonamides is 1. The lowest BCUT2D eigenvalue weighted by Crippen LogP contribution is -2.49. The third-order valence-corrected chi connectivity index (χ3v) is 7.09. The van der Waals surface area contributed by atoms with Crippen LogP contribution in [0.4, 0.5) is 5.69 Å². The van der Waals surface area contributed by atoms with E-state index < -0.39 is 22.0 Å². The zero-order chi connectivity index (χ0) is 22.8. The Labute approximate surface area is 187 Å². The molecule has 0 spiro atoms. The highest BCUT2D eigenvalue weighted by Gasteiger charge is 2.30. The molecule has 1 heterocycles. The van der Waals surface area contributed by atoms with Gasteiger partial charge in [-0.05, 0) is 47.7 Å². The number of hydrogen-bond donors (Lipinski definition) is 2. The topological polar surface area (TPSA) is 95.6 Å². The van der Waals surface area contributed by atoms with E-state index in [4.69, 9.17) is 11.6 Å². The highest BCUT2D eigenvalue weighted by Crippen LogP contribution is 2.30. The van der Waals surface area contributed by atoms with E-state index in [1.165, 1.54) is 13.0 Å². The Kier molecular flexibility index (Phi) is 7.03. The number of nitrogens with one attached hydrogen (secondary N) is 2. The predicted octanol–water partition coefficient (Wildman–Crippen LogP) is 2.87. The molecule has 2 N–H and O–H groups in total. The fraction of sp³-hybridized carbons (Fsp3) is 0.364. The summed E-state index contributed by atoms with van der Waals surface area (Å²) in [5, 5.41) is 3.29. The van der Waals surface area contributed by atoms with Crippen molar-refractivity contribution in [1.82, 2.24) is 10.0 Å². The summed E-state index contributed by atoms with van der Waals surface area (Å²) in [7, 11) is -3.94. The average molecular weight is 464 g/mol. The fourth-order valence-electron chi connectivity index (χ4n) is 3.53. The molecule has 2 aromatic carbocycles. The molecule has 0 aliphatic carbocycles. The Morgan fingerprint density at radius 3 is 2.52 bits per heavy atom. The maximum absolute atomic E-state index is 13.0. The van der Waals surface area contributed by atoms with Gasteiger partial charge >= 0.3 is 0 Å². The fourth-order valence-corrected chi connectivity index (χ4v) is 5.13. The first-order chi connectivity index (χ1) is 14.6. The second kappa shape index (κ2) is 9.38. The number of nitrogens with zero attached hydrogens (tertiary/aromatic N) is 1. The van der Waals surface area contributed by atoms with E-state index in [9.17, 15) is 18.0 Å². The van der Waals surface area contributed by atoms with Gasteiger partial charge < -0.3 is 10.2 Å². The van der Waals surface area contributed by atoms with Crippen molar-refractivity contribution in [1.29, 1.82) is 0 Å². The van der Waals surface area contributed by atoms with Crippen molar-refractivity contribution in [2.45, 2.75) is 44.7 Å². The van der Waals surface area contributed by atoms with Crippen molar-refractivity contribution in [3.05, 3.63) is 58.6 Å². The number of halogens is 1. The molecule has 166 valence electrons. The SMILES string of the molecule is CC(=O)N1CCc2cc(S(=O)(=O)NC(C(=O)NCc3ccccc3Cl)C(C)C)ccc21. The van der Waals surface area contributed by atoms with Gasteiger partial charge in [0.05, 0.1) is 4.90 Å². The molecule has 2 amide bonds. The first kappa shape index (κ1) is 23.2. The molecule has 7 nitrogen and oxygen atoms in total. The quantitative estimate of drug-likeness (QED) is 0.660. The van der Waals surface area contributed by atoms with E-state index in [-0.39, 0.29) is 23.3 Å². The minimum Gasteiger partial charge on any atom is -0.351 e. The monoisotopic (exact) mass is 463 g/mol. The number of amides is 2. The molecule has 3 rings (SSSR count). The van der Waals surface area contributed by atoms with Crippen molar-refractivity contribution in [3.8, 4) is 0 Å². The highest BCUT2D eigenvalue weighted by molar-refractivity contribution is 7.89. The van der Waals surface area contributed by atoms with Crippen LogP contribution in [0.3, 0.4) is 0 Å². The van der Waals surface area contributed by atoms with Gasteiger partial charge in [-0.25, -0.2) is 8.42 Å². The Morgan fingerprint density at radius 2 is 1.87 bits per heavy atom. The Morgan fingerprint density at radius 1 is 1.16 bits per heavy atom. The number of anilines is 1. The van der Waals surface area contributed by atoms with Crippen molar-refractivity contribution in [2.24, 2.45) is 5.92 Å². The Bertz CT molecular complexity index is 1100. The van der Waals surface area contributed by atoms with Crippen LogP contribution >= 0.6 is 11.6 Å². The second-order valence-corrected chi connectivity index (χ2v) is 9.98. The van der Waals surface area contributed by atoms with Crippen LogP contribution < -0.4 is 14.9 Å². The summed E-state index contributed by atoms with van der Waals surface area (Å²) in [5.41, 5.74) is 2.27.